The predicted molar refractivity (Wildman–Crippen MR) is 124 cm³/mol. The maximum absolute atomic E-state index is 13.1. The minimum atomic E-state index is -4.12. The van der Waals surface area contributed by atoms with E-state index in [0.29, 0.717) is 5.56 Å². The van der Waals surface area contributed by atoms with E-state index < -0.39 is 33.8 Å². The SMILES string of the molecule is CC(=O)c1ccccc1NC(=O)C(C)OC(=O)c1ccccc1NS(=O)(=O)c1ccc(F)cc1. The molecule has 0 fully saturated rings. The normalized spacial score (nSPS) is 11.9. The topological polar surface area (TPSA) is 119 Å². The molecule has 0 aliphatic carbocycles. The summed E-state index contributed by atoms with van der Waals surface area (Å²) in [5.41, 5.74) is 0.369. The molecule has 1 atom stereocenters. The largest absolute Gasteiger partial charge is 0.449 e. The van der Waals surface area contributed by atoms with Crippen molar-refractivity contribution in [2.75, 3.05) is 10.0 Å². The Labute approximate surface area is 195 Å². The molecule has 0 saturated heterocycles. The van der Waals surface area contributed by atoms with Crippen molar-refractivity contribution in [2.24, 2.45) is 0 Å². The van der Waals surface area contributed by atoms with E-state index in [1.807, 2.05) is 0 Å². The molecule has 2 N–H and O–H groups in total. The zero-order valence-electron chi connectivity index (χ0n) is 18.2. The summed E-state index contributed by atoms with van der Waals surface area (Å²) in [5.74, 6) is -2.46. The molecule has 0 bridgehead atoms. The van der Waals surface area contributed by atoms with Crippen LogP contribution in [0.1, 0.15) is 34.6 Å². The van der Waals surface area contributed by atoms with Gasteiger partial charge >= 0.3 is 5.97 Å². The number of hydrogen-bond acceptors (Lipinski definition) is 6. The van der Waals surface area contributed by atoms with Crippen LogP contribution in [0.2, 0.25) is 0 Å². The Hall–Kier alpha value is -4.05. The van der Waals surface area contributed by atoms with E-state index in [0.717, 1.165) is 24.3 Å². The van der Waals surface area contributed by atoms with Crippen molar-refractivity contribution in [3.05, 3.63) is 89.7 Å². The Bertz CT molecular complexity index is 1340. The first kappa shape index (κ1) is 24.6. The number of benzene rings is 3. The highest BCUT2D eigenvalue weighted by atomic mass is 32.2. The number of amides is 1. The van der Waals surface area contributed by atoms with Crippen LogP contribution in [0.4, 0.5) is 15.8 Å². The highest BCUT2D eigenvalue weighted by Gasteiger charge is 2.24. The second kappa shape index (κ2) is 10.3. The number of Topliss-reactive ketones (excluding diaryl/α,β-unsaturated/α-hetero) is 1. The standard InChI is InChI=1S/C24H21FN2O6S/c1-15(28)19-7-3-5-9-21(19)26-23(29)16(2)33-24(30)20-8-4-6-10-22(20)27-34(31,32)18-13-11-17(25)12-14-18/h3-14,16,27H,1-2H3,(H,26,29). The third-order valence-electron chi connectivity index (χ3n) is 4.73. The van der Waals surface area contributed by atoms with Gasteiger partial charge in [-0.05, 0) is 62.4 Å². The number of ketones is 1. The maximum Gasteiger partial charge on any atom is 0.341 e. The van der Waals surface area contributed by atoms with Crippen molar-refractivity contribution in [1.82, 2.24) is 0 Å². The summed E-state index contributed by atoms with van der Waals surface area (Å²) in [6.45, 7) is 2.70. The molecule has 0 radical (unpaired) electrons. The minimum absolute atomic E-state index is 0.0774. The van der Waals surface area contributed by atoms with Gasteiger partial charge < -0.3 is 10.1 Å². The number of hydrogen-bond donors (Lipinski definition) is 2. The lowest BCUT2D eigenvalue weighted by Crippen LogP contribution is -2.30. The number of ether oxygens (including phenoxy) is 1. The fourth-order valence-corrected chi connectivity index (χ4v) is 4.06. The average molecular weight is 485 g/mol. The van der Waals surface area contributed by atoms with Crippen LogP contribution < -0.4 is 10.0 Å². The van der Waals surface area contributed by atoms with Gasteiger partial charge in [-0.3, -0.25) is 14.3 Å². The molecule has 1 unspecified atom stereocenters. The van der Waals surface area contributed by atoms with Crippen LogP contribution in [-0.2, 0) is 19.6 Å². The summed E-state index contributed by atoms with van der Waals surface area (Å²) in [4.78, 5) is 36.8. The van der Waals surface area contributed by atoms with Crippen LogP contribution >= 0.6 is 0 Å². The first-order chi connectivity index (χ1) is 16.1. The quantitative estimate of drug-likeness (QED) is 0.368. The second-order valence-electron chi connectivity index (χ2n) is 7.24. The van der Waals surface area contributed by atoms with Gasteiger partial charge in [-0.1, -0.05) is 24.3 Å². The molecule has 176 valence electrons. The van der Waals surface area contributed by atoms with Crippen LogP contribution in [-0.4, -0.2) is 32.2 Å². The lowest BCUT2D eigenvalue weighted by Gasteiger charge is -2.16. The predicted octanol–water partition coefficient (Wildman–Crippen LogP) is 4.01. The molecule has 3 aromatic carbocycles. The lowest BCUT2D eigenvalue weighted by atomic mass is 10.1. The third-order valence-corrected chi connectivity index (χ3v) is 6.11. The molecule has 10 heteroatoms. The molecule has 0 aromatic heterocycles. The van der Waals surface area contributed by atoms with Gasteiger partial charge in [-0.2, -0.15) is 0 Å². The van der Waals surface area contributed by atoms with E-state index in [-0.39, 0.29) is 27.6 Å². The van der Waals surface area contributed by atoms with Gasteiger partial charge in [-0.25, -0.2) is 17.6 Å². The fraction of sp³-hybridized carbons (Fsp3) is 0.125. The van der Waals surface area contributed by atoms with Crippen LogP contribution in [0.15, 0.2) is 77.7 Å². The Morgan fingerprint density at radius 2 is 1.41 bits per heavy atom. The van der Waals surface area contributed by atoms with Crippen LogP contribution in [0.3, 0.4) is 0 Å². The van der Waals surface area contributed by atoms with Crippen molar-refractivity contribution in [3.63, 3.8) is 0 Å². The Morgan fingerprint density at radius 3 is 2.03 bits per heavy atom. The molecule has 3 aromatic rings. The molecule has 3 rings (SSSR count). The smallest absolute Gasteiger partial charge is 0.341 e. The number of nitrogens with one attached hydrogen (secondary N) is 2. The molecular weight excluding hydrogens is 463 g/mol. The van der Waals surface area contributed by atoms with E-state index >= 15 is 0 Å². The van der Waals surface area contributed by atoms with Crippen molar-refractivity contribution < 1.29 is 31.9 Å². The lowest BCUT2D eigenvalue weighted by molar-refractivity contribution is -0.123. The highest BCUT2D eigenvalue weighted by Crippen LogP contribution is 2.22. The molecule has 34 heavy (non-hydrogen) atoms. The van der Waals surface area contributed by atoms with Gasteiger partial charge in [0.1, 0.15) is 5.82 Å². The van der Waals surface area contributed by atoms with Crippen molar-refractivity contribution in [1.29, 1.82) is 0 Å². The number of carbonyl (C=O) groups is 3. The van der Waals surface area contributed by atoms with Gasteiger partial charge in [0.25, 0.3) is 15.9 Å². The minimum Gasteiger partial charge on any atom is -0.449 e. The molecule has 0 saturated carbocycles. The molecule has 0 heterocycles. The average Bonchev–Trinajstić information content (AvgIpc) is 2.79. The van der Waals surface area contributed by atoms with Gasteiger partial charge in [-0.15, -0.1) is 0 Å². The summed E-state index contributed by atoms with van der Waals surface area (Å²) in [6.07, 6.45) is -1.26. The van der Waals surface area contributed by atoms with Crippen molar-refractivity contribution in [2.45, 2.75) is 24.8 Å². The summed E-state index contributed by atoms with van der Waals surface area (Å²) >= 11 is 0. The second-order valence-corrected chi connectivity index (χ2v) is 8.93. The van der Waals surface area contributed by atoms with E-state index in [1.54, 1.807) is 24.3 Å². The molecule has 8 nitrogen and oxygen atoms in total. The van der Waals surface area contributed by atoms with E-state index in [2.05, 4.69) is 10.0 Å². The summed E-state index contributed by atoms with van der Waals surface area (Å²) in [5, 5.41) is 2.55. The van der Waals surface area contributed by atoms with Gasteiger partial charge in [0.05, 0.1) is 21.8 Å². The number of sulfonamides is 1. The maximum atomic E-state index is 13.1. The molecule has 0 aliphatic heterocycles. The molecule has 1 amide bonds. The fourth-order valence-electron chi connectivity index (χ4n) is 2.98. The summed E-state index contributed by atoms with van der Waals surface area (Å²) in [6, 6.07) is 16.3. The number of halogens is 1. The number of carbonyl (C=O) groups excluding carboxylic acids is 3. The summed E-state index contributed by atoms with van der Waals surface area (Å²) in [7, 11) is -4.12. The number of esters is 1. The third kappa shape index (κ3) is 5.84. The van der Waals surface area contributed by atoms with Crippen LogP contribution in [0.5, 0.6) is 0 Å². The van der Waals surface area contributed by atoms with Gasteiger partial charge in [0, 0.05) is 5.56 Å². The highest BCUT2D eigenvalue weighted by molar-refractivity contribution is 7.92. The molecule has 0 aliphatic rings. The van der Waals surface area contributed by atoms with Crippen LogP contribution in [0.25, 0.3) is 0 Å². The number of para-hydroxylation sites is 2. The van der Waals surface area contributed by atoms with E-state index in [4.69, 9.17) is 4.74 Å². The van der Waals surface area contributed by atoms with Crippen LogP contribution in [0, 0.1) is 5.82 Å². The Morgan fingerprint density at radius 1 is 0.853 bits per heavy atom. The first-order valence-corrected chi connectivity index (χ1v) is 11.6. The monoisotopic (exact) mass is 484 g/mol. The number of rotatable bonds is 8. The zero-order chi connectivity index (χ0) is 24.9. The first-order valence-electron chi connectivity index (χ1n) is 10.1. The molecular formula is C24H21FN2O6S. The van der Waals surface area contributed by atoms with Crippen molar-refractivity contribution in [3.8, 4) is 0 Å². The van der Waals surface area contributed by atoms with Crippen molar-refractivity contribution >= 4 is 39.1 Å². The van der Waals surface area contributed by atoms with E-state index in [9.17, 15) is 27.2 Å². The number of anilines is 2. The van der Waals surface area contributed by atoms with Gasteiger partial charge in [0.2, 0.25) is 0 Å². The van der Waals surface area contributed by atoms with Gasteiger partial charge in [0.15, 0.2) is 11.9 Å². The molecule has 0 spiro atoms. The Balaban J connectivity index is 1.75. The zero-order valence-corrected chi connectivity index (χ0v) is 19.1. The van der Waals surface area contributed by atoms with E-state index in [1.165, 1.54) is 38.1 Å². The summed E-state index contributed by atoms with van der Waals surface area (Å²) < 4.78 is 45.9. The Kier molecular flexibility index (Phi) is 7.42.